The van der Waals surface area contributed by atoms with Crippen LogP contribution in [0.1, 0.15) is 36.1 Å². The highest BCUT2D eigenvalue weighted by molar-refractivity contribution is 5.90. The molecule has 0 fully saturated rings. The Morgan fingerprint density at radius 3 is 2.38 bits per heavy atom. The van der Waals surface area contributed by atoms with E-state index in [1.165, 1.54) is 12.7 Å². The van der Waals surface area contributed by atoms with Gasteiger partial charge in [-0.3, -0.25) is 4.79 Å². The minimum atomic E-state index is -0.970. The molecule has 0 saturated carbocycles. The average Bonchev–Trinajstić information content (AvgIpc) is 2.73. The van der Waals surface area contributed by atoms with Crippen LogP contribution in [-0.4, -0.2) is 42.8 Å². The molecule has 0 aliphatic carbocycles. The fourth-order valence-electron chi connectivity index (χ4n) is 3.68. The molecule has 29 heavy (non-hydrogen) atoms. The number of nitrogens with one attached hydrogen (secondary N) is 1. The number of carboxylic acid groups (broad SMARTS) is 1. The summed E-state index contributed by atoms with van der Waals surface area (Å²) in [4.78, 5) is 26.1. The summed E-state index contributed by atoms with van der Waals surface area (Å²) in [6, 6.07) is 10.4. The SMILES string of the molecule is CCc1ccc(NC(=O)N2CCc3cc(OC)c(OC)cc3[C@H]2CC(=O)O)cc1. The van der Waals surface area contributed by atoms with Gasteiger partial charge < -0.3 is 24.8 Å². The number of hydrogen-bond acceptors (Lipinski definition) is 4. The third-order valence-corrected chi connectivity index (χ3v) is 5.24. The Labute approximate surface area is 170 Å². The normalized spacial score (nSPS) is 15.4. The van der Waals surface area contributed by atoms with Crippen molar-refractivity contribution in [1.82, 2.24) is 4.90 Å². The number of rotatable bonds is 6. The first-order chi connectivity index (χ1) is 14.0. The largest absolute Gasteiger partial charge is 0.493 e. The molecule has 154 valence electrons. The van der Waals surface area contributed by atoms with Gasteiger partial charge in [0, 0.05) is 12.2 Å². The van der Waals surface area contributed by atoms with Gasteiger partial charge in [0.25, 0.3) is 0 Å². The van der Waals surface area contributed by atoms with Gasteiger partial charge in [-0.15, -0.1) is 0 Å². The minimum Gasteiger partial charge on any atom is -0.493 e. The van der Waals surface area contributed by atoms with E-state index in [9.17, 15) is 14.7 Å². The number of aryl methyl sites for hydroxylation is 1. The second-order valence-electron chi connectivity index (χ2n) is 6.94. The van der Waals surface area contributed by atoms with Gasteiger partial charge in [-0.2, -0.15) is 0 Å². The van der Waals surface area contributed by atoms with Gasteiger partial charge in [-0.05, 0) is 53.8 Å². The smallest absolute Gasteiger partial charge is 0.322 e. The number of carbonyl (C=O) groups excluding carboxylic acids is 1. The maximum absolute atomic E-state index is 13.0. The van der Waals surface area contributed by atoms with E-state index in [0.717, 1.165) is 17.5 Å². The first kappa shape index (κ1) is 20.5. The van der Waals surface area contributed by atoms with Crippen molar-refractivity contribution in [2.24, 2.45) is 0 Å². The van der Waals surface area contributed by atoms with Crippen LogP contribution in [0.5, 0.6) is 11.5 Å². The topological polar surface area (TPSA) is 88.1 Å². The summed E-state index contributed by atoms with van der Waals surface area (Å²) < 4.78 is 10.7. The van der Waals surface area contributed by atoms with Crippen LogP contribution in [0, 0.1) is 0 Å². The summed E-state index contributed by atoms with van der Waals surface area (Å²) >= 11 is 0. The molecule has 1 aliphatic heterocycles. The van der Waals surface area contributed by atoms with Crippen LogP contribution in [0.25, 0.3) is 0 Å². The van der Waals surface area contributed by atoms with Crippen LogP contribution in [-0.2, 0) is 17.6 Å². The van der Waals surface area contributed by atoms with Gasteiger partial charge in [0.1, 0.15) is 0 Å². The number of urea groups is 1. The highest BCUT2D eigenvalue weighted by Gasteiger charge is 2.33. The fraction of sp³-hybridized carbons (Fsp3) is 0.364. The molecule has 1 heterocycles. The molecular weight excluding hydrogens is 372 g/mol. The maximum atomic E-state index is 13.0. The predicted octanol–water partition coefficient (Wildman–Crippen LogP) is 3.87. The quantitative estimate of drug-likeness (QED) is 0.771. The summed E-state index contributed by atoms with van der Waals surface area (Å²) in [5.74, 6) is 0.135. The highest BCUT2D eigenvalue weighted by atomic mass is 16.5. The Balaban J connectivity index is 1.90. The van der Waals surface area contributed by atoms with Crippen molar-refractivity contribution in [3.05, 3.63) is 53.1 Å². The lowest BCUT2D eigenvalue weighted by molar-refractivity contribution is -0.138. The lowest BCUT2D eigenvalue weighted by atomic mass is 9.90. The number of aliphatic carboxylic acids is 1. The van der Waals surface area contributed by atoms with Gasteiger partial charge in [-0.25, -0.2) is 4.79 Å². The number of ether oxygens (including phenoxy) is 2. The van der Waals surface area contributed by atoms with E-state index in [4.69, 9.17) is 9.47 Å². The molecule has 3 rings (SSSR count). The van der Waals surface area contributed by atoms with Gasteiger partial charge in [-0.1, -0.05) is 19.1 Å². The molecule has 1 atom stereocenters. The zero-order valence-corrected chi connectivity index (χ0v) is 16.9. The first-order valence-corrected chi connectivity index (χ1v) is 9.60. The average molecular weight is 398 g/mol. The van der Waals surface area contributed by atoms with Crippen molar-refractivity contribution < 1.29 is 24.2 Å². The molecule has 2 amide bonds. The number of benzene rings is 2. The standard InChI is InChI=1S/C22H26N2O5/c1-4-14-5-7-16(8-6-14)23-22(27)24-10-9-15-11-19(28-2)20(29-3)12-17(15)18(24)13-21(25)26/h5-8,11-12,18H,4,9-10,13H2,1-3H3,(H,23,27)(H,25,26)/t18-/m1/s1. The molecule has 0 saturated heterocycles. The van der Waals surface area contributed by atoms with E-state index in [1.54, 1.807) is 18.1 Å². The van der Waals surface area contributed by atoms with E-state index in [1.807, 2.05) is 30.3 Å². The van der Waals surface area contributed by atoms with Gasteiger partial charge in [0.15, 0.2) is 11.5 Å². The molecule has 7 heteroatoms. The fourth-order valence-corrected chi connectivity index (χ4v) is 3.68. The number of anilines is 1. The molecule has 1 aliphatic rings. The van der Waals surface area contributed by atoms with Crippen LogP contribution < -0.4 is 14.8 Å². The van der Waals surface area contributed by atoms with Gasteiger partial charge >= 0.3 is 12.0 Å². The van der Waals surface area contributed by atoms with Crippen LogP contribution >= 0.6 is 0 Å². The third kappa shape index (κ3) is 4.45. The Morgan fingerprint density at radius 2 is 1.79 bits per heavy atom. The maximum Gasteiger partial charge on any atom is 0.322 e. The van der Waals surface area contributed by atoms with Crippen LogP contribution in [0.2, 0.25) is 0 Å². The zero-order chi connectivity index (χ0) is 21.0. The lowest BCUT2D eigenvalue weighted by Gasteiger charge is -2.37. The molecule has 0 bridgehead atoms. The van der Waals surface area contributed by atoms with Crippen molar-refractivity contribution in [2.75, 3.05) is 26.1 Å². The van der Waals surface area contributed by atoms with E-state index < -0.39 is 12.0 Å². The summed E-state index contributed by atoms with van der Waals surface area (Å²) in [5.41, 5.74) is 3.59. The lowest BCUT2D eigenvalue weighted by Crippen LogP contribution is -2.43. The van der Waals surface area contributed by atoms with Crippen molar-refractivity contribution in [3.8, 4) is 11.5 Å². The van der Waals surface area contributed by atoms with E-state index >= 15 is 0 Å². The van der Waals surface area contributed by atoms with E-state index in [2.05, 4.69) is 12.2 Å². The molecular formula is C22H26N2O5. The third-order valence-electron chi connectivity index (χ3n) is 5.24. The summed E-state index contributed by atoms with van der Waals surface area (Å²) in [7, 11) is 3.09. The van der Waals surface area contributed by atoms with Crippen molar-refractivity contribution in [2.45, 2.75) is 32.2 Å². The minimum absolute atomic E-state index is 0.190. The number of hydrogen-bond donors (Lipinski definition) is 2. The van der Waals surface area contributed by atoms with Crippen molar-refractivity contribution in [3.63, 3.8) is 0 Å². The van der Waals surface area contributed by atoms with Crippen LogP contribution in [0.3, 0.4) is 0 Å². The number of carbonyl (C=O) groups is 2. The molecule has 0 aromatic heterocycles. The zero-order valence-electron chi connectivity index (χ0n) is 16.9. The van der Waals surface area contributed by atoms with E-state index in [0.29, 0.717) is 30.2 Å². The highest BCUT2D eigenvalue weighted by Crippen LogP contribution is 2.39. The summed E-state index contributed by atoms with van der Waals surface area (Å²) in [6.07, 6.45) is 1.34. The molecule has 0 spiro atoms. The number of amides is 2. The second-order valence-corrected chi connectivity index (χ2v) is 6.94. The molecule has 0 radical (unpaired) electrons. The van der Waals surface area contributed by atoms with Crippen LogP contribution in [0.4, 0.5) is 10.5 Å². The number of carboxylic acids is 1. The Bertz CT molecular complexity index is 895. The van der Waals surface area contributed by atoms with Crippen molar-refractivity contribution in [1.29, 1.82) is 0 Å². The van der Waals surface area contributed by atoms with E-state index in [-0.39, 0.29) is 12.5 Å². The van der Waals surface area contributed by atoms with Gasteiger partial charge in [0.05, 0.1) is 26.7 Å². The Morgan fingerprint density at radius 1 is 1.14 bits per heavy atom. The molecule has 2 N–H and O–H groups in total. The molecule has 2 aromatic carbocycles. The van der Waals surface area contributed by atoms with Crippen molar-refractivity contribution >= 4 is 17.7 Å². The number of fused-ring (bicyclic) bond motifs is 1. The monoisotopic (exact) mass is 398 g/mol. The second kappa shape index (κ2) is 8.86. The van der Waals surface area contributed by atoms with Gasteiger partial charge in [0.2, 0.25) is 0 Å². The number of methoxy groups -OCH3 is 2. The molecule has 7 nitrogen and oxygen atoms in total. The molecule has 0 unspecified atom stereocenters. The Kier molecular flexibility index (Phi) is 6.26. The predicted molar refractivity (Wildman–Crippen MR) is 110 cm³/mol. The van der Waals surface area contributed by atoms with Crippen LogP contribution in [0.15, 0.2) is 36.4 Å². The number of nitrogens with zero attached hydrogens (tertiary/aromatic N) is 1. The summed E-state index contributed by atoms with van der Waals surface area (Å²) in [6.45, 7) is 2.48. The molecule has 2 aromatic rings. The summed E-state index contributed by atoms with van der Waals surface area (Å²) in [5, 5.41) is 12.3. The Hall–Kier alpha value is -3.22. The first-order valence-electron chi connectivity index (χ1n) is 9.60.